The van der Waals surface area contributed by atoms with E-state index in [9.17, 15) is 14.4 Å². The summed E-state index contributed by atoms with van der Waals surface area (Å²) < 4.78 is 0. The zero-order valence-electron chi connectivity index (χ0n) is 14.7. The molecule has 0 radical (unpaired) electrons. The minimum atomic E-state index is -0.559. The molecule has 0 aromatic heterocycles. The van der Waals surface area contributed by atoms with Crippen molar-refractivity contribution < 1.29 is 14.4 Å². The number of anilines is 2. The van der Waals surface area contributed by atoms with Crippen molar-refractivity contribution in [3.63, 3.8) is 0 Å². The Morgan fingerprint density at radius 3 is 2.40 bits per heavy atom. The van der Waals surface area contributed by atoms with Gasteiger partial charge in [0, 0.05) is 25.3 Å². The number of urea groups is 1. The lowest BCUT2D eigenvalue weighted by molar-refractivity contribution is -0.120. The summed E-state index contributed by atoms with van der Waals surface area (Å²) >= 11 is 0. The molecule has 2 aliphatic rings. The fraction of sp³-hybridized carbons (Fsp3) is 0.471. The highest BCUT2D eigenvalue weighted by Gasteiger charge is 2.51. The normalized spacial score (nSPS) is 22.8. The van der Waals surface area contributed by atoms with Crippen molar-refractivity contribution >= 4 is 29.2 Å². The Bertz CT molecular complexity index is 703. The maximum atomic E-state index is 12.6. The Labute approximate surface area is 146 Å². The number of nitrogens with zero attached hydrogens (tertiary/aromatic N) is 4. The summed E-state index contributed by atoms with van der Waals surface area (Å²) in [5.41, 5.74) is 7.16. The van der Waals surface area contributed by atoms with Crippen LogP contribution in [0, 0.1) is 0 Å². The lowest BCUT2D eigenvalue weighted by atomic mass is 10.1. The third-order valence-electron chi connectivity index (χ3n) is 4.68. The minimum Gasteiger partial charge on any atom is -0.325 e. The van der Waals surface area contributed by atoms with Gasteiger partial charge >= 0.3 is 6.03 Å². The van der Waals surface area contributed by atoms with Crippen molar-refractivity contribution in [3.8, 4) is 0 Å². The van der Waals surface area contributed by atoms with E-state index >= 15 is 0 Å². The van der Waals surface area contributed by atoms with E-state index in [1.165, 1.54) is 9.80 Å². The number of hydrogen-bond acceptors (Lipinski definition) is 5. The molecule has 4 amide bonds. The zero-order chi connectivity index (χ0) is 18.3. The van der Waals surface area contributed by atoms with Crippen LogP contribution in [0.25, 0.3) is 0 Å². The number of benzene rings is 1. The number of nitrogens with two attached hydrogens (primary N) is 1. The van der Waals surface area contributed by atoms with Crippen LogP contribution < -0.4 is 15.5 Å². The molecule has 2 saturated heterocycles. The second-order valence-electron chi connectivity index (χ2n) is 6.75. The highest BCUT2D eigenvalue weighted by atomic mass is 16.2. The Hall–Kier alpha value is -2.45. The van der Waals surface area contributed by atoms with E-state index in [0.717, 1.165) is 0 Å². The molecular weight excluding hydrogens is 322 g/mol. The summed E-state index contributed by atoms with van der Waals surface area (Å²) in [5, 5.41) is 0. The van der Waals surface area contributed by atoms with Gasteiger partial charge < -0.3 is 20.4 Å². The second-order valence-corrected chi connectivity index (χ2v) is 6.75. The summed E-state index contributed by atoms with van der Waals surface area (Å²) in [4.78, 5) is 43.2. The summed E-state index contributed by atoms with van der Waals surface area (Å²) in [6, 6.07) is 5.62. The van der Waals surface area contributed by atoms with Crippen molar-refractivity contribution in [2.24, 2.45) is 5.73 Å². The Balaban J connectivity index is 1.78. The highest BCUT2D eigenvalue weighted by molar-refractivity contribution is 6.22. The molecular formula is C17H23N5O3. The standard InChI is InChI=1S/C17H23N5O3/c1-19(2)10-14(23)20(3)11-4-6-12(7-5-11)22-16(24)15-13(18)8-9-21(15)17(22)25/h4-7,13,15H,8-10,18H2,1-3H3/t13-,15+/m1/s1. The lowest BCUT2D eigenvalue weighted by Crippen LogP contribution is -2.41. The number of hydrogen-bond donors (Lipinski definition) is 1. The molecule has 0 saturated carbocycles. The second kappa shape index (κ2) is 6.45. The molecule has 2 N–H and O–H groups in total. The van der Waals surface area contributed by atoms with E-state index in [4.69, 9.17) is 5.73 Å². The fourth-order valence-electron chi connectivity index (χ4n) is 3.29. The fourth-order valence-corrected chi connectivity index (χ4v) is 3.29. The molecule has 3 rings (SSSR count). The van der Waals surface area contributed by atoms with Gasteiger partial charge in [0.25, 0.3) is 5.91 Å². The molecule has 1 aromatic carbocycles. The number of carbonyl (C=O) groups is 3. The predicted molar refractivity (Wildman–Crippen MR) is 94.4 cm³/mol. The van der Waals surface area contributed by atoms with Gasteiger partial charge in [-0.15, -0.1) is 0 Å². The van der Waals surface area contributed by atoms with Crippen molar-refractivity contribution in [1.29, 1.82) is 0 Å². The molecule has 2 heterocycles. The van der Waals surface area contributed by atoms with Gasteiger partial charge in [-0.3, -0.25) is 9.59 Å². The first-order valence-corrected chi connectivity index (χ1v) is 8.22. The van der Waals surface area contributed by atoms with E-state index in [1.54, 1.807) is 41.1 Å². The smallest absolute Gasteiger partial charge is 0.325 e. The topological polar surface area (TPSA) is 90.2 Å². The van der Waals surface area contributed by atoms with Crippen LogP contribution >= 0.6 is 0 Å². The molecule has 8 nitrogen and oxygen atoms in total. The van der Waals surface area contributed by atoms with E-state index in [0.29, 0.717) is 30.9 Å². The largest absolute Gasteiger partial charge is 0.332 e. The maximum Gasteiger partial charge on any atom is 0.332 e. The van der Waals surface area contributed by atoms with Gasteiger partial charge in [-0.25, -0.2) is 9.69 Å². The molecule has 0 bridgehead atoms. The number of fused-ring (bicyclic) bond motifs is 1. The maximum absolute atomic E-state index is 12.6. The summed E-state index contributed by atoms with van der Waals surface area (Å²) in [6.07, 6.45) is 0.647. The average molecular weight is 345 g/mol. The van der Waals surface area contributed by atoms with Gasteiger partial charge in [-0.1, -0.05) is 0 Å². The quantitative estimate of drug-likeness (QED) is 0.781. The number of likely N-dealkylation sites (N-methyl/N-ethyl adjacent to an activating group) is 2. The van der Waals surface area contributed by atoms with Crippen LogP contribution in [0.1, 0.15) is 6.42 Å². The molecule has 8 heteroatoms. The molecule has 2 aliphatic heterocycles. The van der Waals surface area contributed by atoms with E-state index in [1.807, 2.05) is 14.1 Å². The first-order chi connectivity index (χ1) is 11.8. The predicted octanol–water partition coefficient (Wildman–Crippen LogP) is 0.0792. The lowest BCUT2D eigenvalue weighted by Gasteiger charge is -2.21. The van der Waals surface area contributed by atoms with Gasteiger partial charge in [-0.05, 0) is 44.8 Å². The molecule has 134 valence electrons. The average Bonchev–Trinajstić information content (AvgIpc) is 3.06. The minimum absolute atomic E-state index is 0.0438. The first kappa shape index (κ1) is 17.4. The number of carbonyl (C=O) groups excluding carboxylic acids is 3. The highest BCUT2D eigenvalue weighted by Crippen LogP contribution is 2.31. The van der Waals surface area contributed by atoms with Crippen molar-refractivity contribution in [1.82, 2.24) is 9.80 Å². The summed E-state index contributed by atoms with van der Waals surface area (Å²) in [7, 11) is 5.36. The van der Waals surface area contributed by atoms with E-state index in [2.05, 4.69) is 0 Å². The molecule has 1 aromatic rings. The third kappa shape index (κ3) is 2.98. The van der Waals surface area contributed by atoms with Crippen LogP contribution in [-0.2, 0) is 9.59 Å². The van der Waals surface area contributed by atoms with Crippen LogP contribution in [0.15, 0.2) is 24.3 Å². The Morgan fingerprint density at radius 2 is 1.84 bits per heavy atom. The van der Waals surface area contributed by atoms with E-state index in [-0.39, 0.29) is 23.9 Å². The van der Waals surface area contributed by atoms with Crippen molar-refractivity contribution in [2.45, 2.75) is 18.5 Å². The van der Waals surface area contributed by atoms with Crippen LogP contribution in [0.2, 0.25) is 0 Å². The van der Waals surface area contributed by atoms with Gasteiger partial charge in [0.05, 0.1) is 12.2 Å². The summed E-state index contributed by atoms with van der Waals surface area (Å²) in [6.45, 7) is 0.808. The molecule has 0 aliphatic carbocycles. The third-order valence-corrected chi connectivity index (χ3v) is 4.68. The summed E-state index contributed by atoms with van der Waals surface area (Å²) in [5.74, 6) is -0.322. The first-order valence-electron chi connectivity index (χ1n) is 8.22. The molecule has 25 heavy (non-hydrogen) atoms. The van der Waals surface area contributed by atoms with Gasteiger partial charge in [0.15, 0.2) is 0 Å². The number of rotatable bonds is 4. The zero-order valence-corrected chi connectivity index (χ0v) is 14.7. The van der Waals surface area contributed by atoms with Crippen molar-refractivity contribution in [2.75, 3.05) is 44.0 Å². The Morgan fingerprint density at radius 1 is 1.20 bits per heavy atom. The number of amides is 4. The van der Waals surface area contributed by atoms with Crippen LogP contribution in [-0.4, -0.2) is 74.0 Å². The molecule has 0 spiro atoms. The SMILES string of the molecule is CN(C)CC(=O)N(C)c1ccc(N2C(=O)[C@@H]3[C@H](N)CCN3C2=O)cc1. The van der Waals surface area contributed by atoms with E-state index < -0.39 is 6.04 Å². The van der Waals surface area contributed by atoms with Crippen LogP contribution in [0.5, 0.6) is 0 Å². The molecule has 0 unspecified atom stereocenters. The monoisotopic (exact) mass is 345 g/mol. The van der Waals surface area contributed by atoms with Crippen LogP contribution in [0.4, 0.5) is 16.2 Å². The molecule has 2 fully saturated rings. The van der Waals surface area contributed by atoms with Crippen molar-refractivity contribution in [3.05, 3.63) is 24.3 Å². The Kier molecular flexibility index (Phi) is 4.49. The molecule has 2 atom stereocenters. The van der Waals surface area contributed by atoms with Crippen LogP contribution in [0.3, 0.4) is 0 Å². The number of imide groups is 1. The van der Waals surface area contributed by atoms with Gasteiger partial charge in [-0.2, -0.15) is 0 Å². The van der Waals surface area contributed by atoms with Gasteiger partial charge in [0.2, 0.25) is 5.91 Å². The van der Waals surface area contributed by atoms with Gasteiger partial charge in [0.1, 0.15) is 6.04 Å².